The summed E-state index contributed by atoms with van der Waals surface area (Å²) in [5.74, 6) is -0.415. The summed E-state index contributed by atoms with van der Waals surface area (Å²) in [7, 11) is 0. The van der Waals surface area contributed by atoms with Crippen LogP contribution in [-0.2, 0) is 4.79 Å². The first kappa shape index (κ1) is 14.5. The molecule has 4 heteroatoms. The van der Waals surface area contributed by atoms with Crippen molar-refractivity contribution in [3.8, 4) is 0 Å². The quantitative estimate of drug-likeness (QED) is 0.703. The number of hydrogen-bond acceptors (Lipinski definition) is 3. The summed E-state index contributed by atoms with van der Waals surface area (Å²) in [6.07, 6.45) is 2.96. The molecule has 1 fully saturated rings. The first-order valence-corrected chi connectivity index (χ1v) is 6.40. The number of carboxylic acids is 1. The number of aliphatic carboxylic acids is 1. The van der Waals surface area contributed by atoms with Gasteiger partial charge in [-0.25, -0.2) is 0 Å². The Morgan fingerprint density at radius 2 is 1.71 bits per heavy atom. The molecule has 0 aromatic heterocycles. The standard InChI is InChI=1S/C13H25NO3/c1-13(2,3)9-6-4-8(5-7-9)11(15)10(14)12(16)17/h8-11,15H,4-7,14H2,1-3H3,(H,16,17). The second-order valence-electron chi connectivity index (χ2n) is 6.33. The zero-order chi connectivity index (χ0) is 13.2. The molecule has 1 aliphatic carbocycles. The van der Waals surface area contributed by atoms with Crippen LogP contribution in [0.3, 0.4) is 0 Å². The zero-order valence-electron chi connectivity index (χ0n) is 11.0. The maximum absolute atomic E-state index is 10.7. The molecule has 1 rings (SSSR count). The van der Waals surface area contributed by atoms with Crippen LogP contribution in [0.15, 0.2) is 0 Å². The average molecular weight is 243 g/mol. The van der Waals surface area contributed by atoms with Gasteiger partial charge in [-0.1, -0.05) is 20.8 Å². The lowest BCUT2D eigenvalue weighted by Gasteiger charge is -2.38. The van der Waals surface area contributed by atoms with Crippen molar-refractivity contribution in [1.29, 1.82) is 0 Å². The number of hydrogen-bond donors (Lipinski definition) is 3. The highest BCUT2D eigenvalue weighted by Gasteiger charge is 2.35. The number of aliphatic hydroxyl groups excluding tert-OH is 1. The minimum absolute atomic E-state index is 0.0414. The van der Waals surface area contributed by atoms with Crippen LogP contribution in [0.25, 0.3) is 0 Å². The molecule has 2 unspecified atom stereocenters. The normalized spacial score (nSPS) is 29.7. The van der Waals surface area contributed by atoms with Crippen LogP contribution in [0.1, 0.15) is 46.5 Å². The van der Waals surface area contributed by atoms with Crippen LogP contribution in [-0.4, -0.2) is 28.3 Å². The molecular formula is C13H25NO3. The molecule has 17 heavy (non-hydrogen) atoms. The van der Waals surface area contributed by atoms with E-state index in [2.05, 4.69) is 20.8 Å². The van der Waals surface area contributed by atoms with Gasteiger partial charge in [0.1, 0.15) is 6.04 Å². The molecule has 0 saturated heterocycles. The Morgan fingerprint density at radius 1 is 1.24 bits per heavy atom. The highest BCUT2D eigenvalue weighted by Crippen LogP contribution is 2.40. The Morgan fingerprint density at radius 3 is 2.06 bits per heavy atom. The van der Waals surface area contributed by atoms with Crippen molar-refractivity contribution in [1.82, 2.24) is 0 Å². The van der Waals surface area contributed by atoms with Crippen LogP contribution in [0, 0.1) is 17.3 Å². The molecule has 100 valence electrons. The van der Waals surface area contributed by atoms with Crippen molar-refractivity contribution in [2.45, 2.75) is 58.6 Å². The van der Waals surface area contributed by atoms with E-state index in [1.165, 1.54) is 0 Å². The molecule has 0 bridgehead atoms. The third-order valence-corrected chi connectivity index (χ3v) is 4.13. The summed E-state index contributed by atoms with van der Waals surface area (Å²) in [6, 6.07) is -1.15. The maximum Gasteiger partial charge on any atom is 0.323 e. The largest absolute Gasteiger partial charge is 0.480 e. The van der Waals surface area contributed by atoms with Gasteiger partial charge in [0.2, 0.25) is 0 Å². The summed E-state index contributed by atoms with van der Waals surface area (Å²) in [6.45, 7) is 6.70. The van der Waals surface area contributed by atoms with E-state index in [0.29, 0.717) is 11.3 Å². The predicted molar refractivity (Wildman–Crippen MR) is 66.5 cm³/mol. The fourth-order valence-corrected chi connectivity index (χ4v) is 2.77. The molecule has 0 radical (unpaired) electrons. The van der Waals surface area contributed by atoms with Gasteiger partial charge in [0, 0.05) is 0 Å². The van der Waals surface area contributed by atoms with Gasteiger partial charge in [-0.05, 0) is 42.9 Å². The SMILES string of the molecule is CC(C)(C)C1CCC(C(O)C(N)C(=O)O)CC1. The molecule has 0 aromatic carbocycles. The topological polar surface area (TPSA) is 83.5 Å². The van der Waals surface area contributed by atoms with Crippen LogP contribution in [0.5, 0.6) is 0 Å². The molecule has 1 aliphatic rings. The molecule has 0 aromatic rings. The highest BCUT2D eigenvalue weighted by atomic mass is 16.4. The first-order chi connectivity index (χ1) is 7.73. The summed E-state index contributed by atoms with van der Waals surface area (Å²) in [5.41, 5.74) is 5.76. The number of rotatable bonds is 3. The van der Waals surface area contributed by atoms with Crippen LogP contribution >= 0.6 is 0 Å². The number of carbonyl (C=O) groups is 1. The lowest BCUT2D eigenvalue weighted by molar-refractivity contribution is -0.142. The average Bonchev–Trinajstić information content (AvgIpc) is 2.26. The first-order valence-electron chi connectivity index (χ1n) is 6.40. The zero-order valence-corrected chi connectivity index (χ0v) is 11.0. The fourth-order valence-electron chi connectivity index (χ4n) is 2.77. The Labute approximate surface area is 103 Å². The third-order valence-electron chi connectivity index (χ3n) is 4.13. The van der Waals surface area contributed by atoms with E-state index in [4.69, 9.17) is 10.8 Å². The summed E-state index contributed by atoms with van der Waals surface area (Å²) < 4.78 is 0. The molecule has 4 nitrogen and oxygen atoms in total. The number of nitrogens with two attached hydrogens (primary N) is 1. The molecule has 0 heterocycles. The Kier molecular flexibility index (Phi) is 4.55. The van der Waals surface area contributed by atoms with E-state index < -0.39 is 18.1 Å². The molecular weight excluding hydrogens is 218 g/mol. The maximum atomic E-state index is 10.7. The lowest BCUT2D eigenvalue weighted by Crippen LogP contribution is -2.47. The summed E-state index contributed by atoms with van der Waals surface area (Å²) in [5, 5.41) is 18.7. The third kappa shape index (κ3) is 3.68. The Hall–Kier alpha value is -0.610. The van der Waals surface area contributed by atoms with E-state index in [-0.39, 0.29) is 5.92 Å². The van der Waals surface area contributed by atoms with Gasteiger partial charge in [-0.3, -0.25) is 4.79 Å². The molecule has 1 saturated carbocycles. The van der Waals surface area contributed by atoms with E-state index in [1.807, 2.05) is 0 Å². The van der Waals surface area contributed by atoms with Gasteiger partial charge in [-0.15, -0.1) is 0 Å². The minimum atomic E-state index is -1.15. The predicted octanol–water partition coefficient (Wildman–Crippen LogP) is 1.61. The molecule has 0 amide bonds. The molecule has 2 atom stereocenters. The molecule has 0 aliphatic heterocycles. The van der Waals surface area contributed by atoms with Gasteiger partial charge < -0.3 is 15.9 Å². The monoisotopic (exact) mass is 243 g/mol. The molecule has 4 N–H and O–H groups in total. The van der Waals surface area contributed by atoms with Gasteiger partial charge in [0.25, 0.3) is 0 Å². The van der Waals surface area contributed by atoms with E-state index in [0.717, 1.165) is 25.7 Å². The van der Waals surface area contributed by atoms with Gasteiger partial charge in [0.05, 0.1) is 6.10 Å². The van der Waals surface area contributed by atoms with Crippen molar-refractivity contribution >= 4 is 5.97 Å². The van der Waals surface area contributed by atoms with Crippen molar-refractivity contribution in [2.75, 3.05) is 0 Å². The van der Waals surface area contributed by atoms with Crippen molar-refractivity contribution in [2.24, 2.45) is 23.0 Å². The second-order valence-corrected chi connectivity index (χ2v) is 6.33. The van der Waals surface area contributed by atoms with Gasteiger partial charge >= 0.3 is 5.97 Å². The van der Waals surface area contributed by atoms with E-state index in [9.17, 15) is 9.90 Å². The summed E-state index contributed by atoms with van der Waals surface area (Å²) in [4.78, 5) is 10.7. The van der Waals surface area contributed by atoms with Crippen molar-refractivity contribution in [3.63, 3.8) is 0 Å². The molecule has 0 spiro atoms. The van der Waals surface area contributed by atoms with Crippen molar-refractivity contribution in [3.05, 3.63) is 0 Å². The van der Waals surface area contributed by atoms with Gasteiger partial charge in [0.15, 0.2) is 0 Å². The van der Waals surface area contributed by atoms with E-state index in [1.54, 1.807) is 0 Å². The van der Waals surface area contributed by atoms with Crippen molar-refractivity contribution < 1.29 is 15.0 Å². The van der Waals surface area contributed by atoms with E-state index >= 15 is 0 Å². The smallest absolute Gasteiger partial charge is 0.323 e. The van der Waals surface area contributed by atoms with Crippen LogP contribution in [0.2, 0.25) is 0 Å². The number of aliphatic hydroxyl groups is 1. The lowest BCUT2D eigenvalue weighted by atomic mass is 9.68. The minimum Gasteiger partial charge on any atom is -0.480 e. The van der Waals surface area contributed by atoms with Crippen LogP contribution in [0.4, 0.5) is 0 Å². The fraction of sp³-hybridized carbons (Fsp3) is 0.923. The number of carboxylic acid groups (broad SMARTS) is 1. The summed E-state index contributed by atoms with van der Waals surface area (Å²) >= 11 is 0. The van der Waals surface area contributed by atoms with Crippen LogP contribution < -0.4 is 5.73 Å². The highest BCUT2D eigenvalue weighted by molar-refractivity contribution is 5.73. The Bertz CT molecular complexity index is 264. The van der Waals surface area contributed by atoms with Gasteiger partial charge in [-0.2, -0.15) is 0 Å². The Balaban J connectivity index is 2.49. The second kappa shape index (κ2) is 5.36.